The predicted molar refractivity (Wildman–Crippen MR) is 35.2 cm³/mol. The summed E-state index contributed by atoms with van der Waals surface area (Å²) >= 11 is 0. The molecule has 1 atom stereocenters. The molecule has 11 heavy (non-hydrogen) atoms. The van der Waals surface area contributed by atoms with Crippen LogP contribution in [-0.4, -0.2) is 46.2 Å². The zero-order valence-corrected chi connectivity index (χ0v) is 5.86. The van der Waals surface area contributed by atoms with Crippen LogP contribution in [0, 0.1) is 0 Å². The maximum absolute atomic E-state index is 10.4. The SMILES string of the molecule is O=C(O)CC(C(=O)O)N1CC1. The van der Waals surface area contributed by atoms with Gasteiger partial charge in [0.2, 0.25) is 0 Å². The number of carboxylic acids is 2. The molecule has 1 aliphatic heterocycles. The average Bonchev–Trinajstić information content (AvgIpc) is 2.63. The van der Waals surface area contributed by atoms with Crippen LogP contribution in [0.25, 0.3) is 0 Å². The number of aliphatic carboxylic acids is 2. The maximum Gasteiger partial charge on any atom is 0.321 e. The highest BCUT2D eigenvalue weighted by molar-refractivity contribution is 5.80. The van der Waals surface area contributed by atoms with E-state index in [1.54, 1.807) is 4.90 Å². The minimum Gasteiger partial charge on any atom is -0.481 e. The van der Waals surface area contributed by atoms with Gasteiger partial charge in [-0.15, -0.1) is 0 Å². The molecule has 1 unspecified atom stereocenters. The fourth-order valence-electron chi connectivity index (χ4n) is 0.907. The van der Waals surface area contributed by atoms with Crippen molar-refractivity contribution in [1.29, 1.82) is 0 Å². The molecular formula is C6H9NO4. The largest absolute Gasteiger partial charge is 0.481 e. The first kappa shape index (κ1) is 8.00. The number of carboxylic acid groups (broad SMARTS) is 2. The van der Waals surface area contributed by atoms with E-state index < -0.39 is 18.0 Å². The monoisotopic (exact) mass is 159 g/mol. The van der Waals surface area contributed by atoms with E-state index in [9.17, 15) is 9.59 Å². The summed E-state index contributed by atoms with van der Waals surface area (Å²) in [6.45, 7) is 1.40. The third kappa shape index (κ3) is 2.19. The van der Waals surface area contributed by atoms with E-state index >= 15 is 0 Å². The number of hydrogen-bond donors (Lipinski definition) is 2. The molecule has 1 heterocycles. The summed E-state index contributed by atoms with van der Waals surface area (Å²) in [5, 5.41) is 16.8. The van der Waals surface area contributed by atoms with Crippen molar-refractivity contribution < 1.29 is 19.8 Å². The molecule has 0 aliphatic carbocycles. The minimum absolute atomic E-state index is 0.310. The lowest BCUT2D eigenvalue weighted by molar-refractivity contribution is -0.147. The summed E-state index contributed by atoms with van der Waals surface area (Å²) in [5.74, 6) is -2.12. The topological polar surface area (TPSA) is 77.6 Å². The van der Waals surface area contributed by atoms with Crippen LogP contribution < -0.4 is 0 Å². The van der Waals surface area contributed by atoms with Crippen LogP contribution in [0.2, 0.25) is 0 Å². The molecule has 0 spiro atoms. The van der Waals surface area contributed by atoms with Crippen molar-refractivity contribution in [3.63, 3.8) is 0 Å². The molecule has 0 saturated carbocycles. The van der Waals surface area contributed by atoms with Gasteiger partial charge in [0.1, 0.15) is 6.04 Å². The fourth-order valence-corrected chi connectivity index (χ4v) is 0.907. The Balaban J connectivity index is 2.45. The van der Waals surface area contributed by atoms with E-state index in [0.717, 1.165) is 0 Å². The Morgan fingerprint density at radius 1 is 1.36 bits per heavy atom. The van der Waals surface area contributed by atoms with Gasteiger partial charge in [0.15, 0.2) is 0 Å². The quantitative estimate of drug-likeness (QED) is 0.526. The van der Waals surface area contributed by atoms with Crippen LogP contribution in [-0.2, 0) is 9.59 Å². The van der Waals surface area contributed by atoms with Crippen molar-refractivity contribution in [1.82, 2.24) is 4.90 Å². The third-order valence-electron chi connectivity index (χ3n) is 1.58. The summed E-state index contributed by atoms with van der Waals surface area (Å²) in [6, 6.07) is -0.826. The summed E-state index contributed by atoms with van der Waals surface area (Å²) < 4.78 is 0. The predicted octanol–water partition coefficient (Wildman–Crippen LogP) is -0.770. The van der Waals surface area contributed by atoms with Crippen molar-refractivity contribution >= 4 is 11.9 Å². The number of rotatable bonds is 4. The Morgan fingerprint density at radius 2 is 1.91 bits per heavy atom. The van der Waals surface area contributed by atoms with Crippen LogP contribution in [0.1, 0.15) is 6.42 Å². The van der Waals surface area contributed by atoms with Gasteiger partial charge in [0.25, 0.3) is 0 Å². The zero-order valence-electron chi connectivity index (χ0n) is 5.86. The molecule has 1 rings (SSSR count). The molecule has 1 saturated heterocycles. The molecule has 0 aromatic rings. The molecule has 5 nitrogen and oxygen atoms in total. The van der Waals surface area contributed by atoms with E-state index in [2.05, 4.69) is 0 Å². The van der Waals surface area contributed by atoms with E-state index in [4.69, 9.17) is 10.2 Å². The zero-order chi connectivity index (χ0) is 8.43. The summed E-state index contributed by atoms with van der Waals surface area (Å²) in [7, 11) is 0. The van der Waals surface area contributed by atoms with Gasteiger partial charge in [-0.05, 0) is 0 Å². The Kier molecular flexibility index (Phi) is 2.09. The Labute approximate surface area is 63.2 Å². The standard InChI is InChI=1S/C6H9NO4/c8-5(9)3-4(6(10)11)7-1-2-7/h4H,1-3H2,(H,8,9)(H,10,11). The van der Waals surface area contributed by atoms with E-state index in [-0.39, 0.29) is 6.42 Å². The number of carbonyl (C=O) groups is 2. The molecule has 0 bridgehead atoms. The molecule has 2 N–H and O–H groups in total. The first-order chi connectivity index (χ1) is 5.11. The number of nitrogens with zero attached hydrogens (tertiary/aromatic N) is 1. The molecule has 0 aromatic carbocycles. The van der Waals surface area contributed by atoms with E-state index in [1.165, 1.54) is 0 Å². The smallest absolute Gasteiger partial charge is 0.321 e. The molecule has 62 valence electrons. The van der Waals surface area contributed by atoms with Crippen molar-refractivity contribution in [3.05, 3.63) is 0 Å². The average molecular weight is 159 g/mol. The van der Waals surface area contributed by atoms with Gasteiger partial charge in [-0.25, -0.2) is 0 Å². The van der Waals surface area contributed by atoms with Gasteiger partial charge in [0.05, 0.1) is 6.42 Å². The van der Waals surface area contributed by atoms with Gasteiger partial charge in [-0.2, -0.15) is 0 Å². The molecule has 0 radical (unpaired) electrons. The van der Waals surface area contributed by atoms with Crippen molar-refractivity contribution in [2.24, 2.45) is 0 Å². The molecule has 1 fully saturated rings. The minimum atomic E-state index is -1.07. The van der Waals surface area contributed by atoms with Crippen molar-refractivity contribution in [2.45, 2.75) is 12.5 Å². The lowest BCUT2D eigenvalue weighted by Gasteiger charge is -2.08. The van der Waals surface area contributed by atoms with Crippen LogP contribution in [0.5, 0.6) is 0 Å². The van der Waals surface area contributed by atoms with Gasteiger partial charge < -0.3 is 10.2 Å². The van der Waals surface area contributed by atoms with E-state index in [1.807, 2.05) is 0 Å². The second-order valence-electron chi connectivity index (χ2n) is 2.49. The van der Waals surface area contributed by atoms with Crippen LogP contribution in [0.15, 0.2) is 0 Å². The molecule has 5 heteroatoms. The number of hydrogen-bond acceptors (Lipinski definition) is 3. The van der Waals surface area contributed by atoms with Crippen LogP contribution in [0.3, 0.4) is 0 Å². The summed E-state index contributed by atoms with van der Waals surface area (Å²) in [5.41, 5.74) is 0. The Hall–Kier alpha value is -1.10. The van der Waals surface area contributed by atoms with Gasteiger partial charge in [0, 0.05) is 13.1 Å². The van der Waals surface area contributed by atoms with Gasteiger partial charge >= 0.3 is 11.9 Å². The molecule has 0 aromatic heterocycles. The van der Waals surface area contributed by atoms with Gasteiger partial charge in [-0.3, -0.25) is 14.5 Å². The van der Waals surface area contributed by atoms with Crippen molar-refractivity contribution in [3.8, 4) is 0 Å². The van der Waals surface area contributed by atoms with Gasteiger partial charge in [-0.1, -0.05) is 0 Å². The first-order valence-corrected chi connectivity index (χ1v) is 3.30. The molecule has 1 aliphatic rings. The van der Waals surface area contributed by atoms with Crippen molar-refractivity contribution in [2.75, 3.05) is 13.1 Å². The van der Waals surface area contributed by atoms with E-state index in [0.29, 0.717) is 13.1 Å². The second-order valence-corrected chi connectivity index (χ2v) is 2.49. The van der Waals surface area contributed by atoms with Crippen LogP contribution in [0.4, 0.5) is 0 Å². The summed E-state index contributed by atoms with van der Waals surface area (Å²) in [4.78, 5) is 22.2. The summed E-state index contributed by atoms with van der Waals surface area (Å²) in [6.07, 6.45) is -0.310. The maximum atomic E-state index is 10.4. The third-order valence-corrected chi connectivity index (χ3v) is 1.58. The fraction of sp³-hybridized carbons (Fsp3) is 0.667. The first-order valence-electron chi connectivity index (χ1n) is 3.30. The molecule has 0 amide bonds. The Bertz CT molecular complexity index is 187. The molecular weight excluding hydrogens is 150 g/mol. The Morgan fingerprint density at radius 3 is 2.18 bits per heavy atom. The lowest BCUT2D eigenvalue weighted by atomic mass is 10.2. The highest BCUT2D eigenvalue weighted by atomic mass is 16.4. The lowest BCUT2D eigenvalue weighted by Crippen LogP contribution is -2.31. The highest BCUT2D eigenvalue weighted by Gasteiger charge is 2.34. The normalized spacial score (nSPS) is 19.3. The highest BCUT2D eigenvalue weighted by Crippen LogP contribution is 2.13. The van der Waals surface area contributed by atoms with Crippen LogP contribution >= 0.6 is 0 Å². The second kappa shape index (κ2) is 2.87.